The third kappa shape index (κ3) is 3.72. The number of aryl methyl sites for hydroxylation is 1. The lowest BCUT2D eigenvalue weighted by Gasteiger charge is -2.34. The van der Waals surface area contributed by atoms with Crippen molar-refractivity contribution < 1.29 is 4.79 Å². The molecule has 1 N–H and O–H groups in total. The number of carbonyl (C=O) groups excluding carboxylic acids is 1. The van der Waals surface area contributed by atoms with E-state index in [1.54, 1.807) is 0 Å². The summed E-state index contributed by atoms with van der Waals surface area (Å²) < 4.78 is 2.34. The number of piperidine rings is 1. The fourth-order valence-electron chi connectivity index (χ4n) is 3.76. The van der Waals surface area contributed by atoms with Gasteiger partial charge in [-0.3, -0.25) is 0 Å². The van der Waals surface area contributed by atoms with Gasteiger partial charge in [0.25, 0.3) is 0 Å². The van der Waals surface area contributed by atoms with Gasteiger partial charge < -0.3 is 14.8 Å². The Bertz CT molecular complexity index is 897. The van der Waals surface area contributed by atoms with Gasteiger partial charge in [0.1, 0.15) is 5.82 Å². The third-order valence-electron chi connectivity index (χ3n) is 5.16. The van der Waals surface area contributed by atoms with E-state index in [1.165, 1.54) is 5.69 Å². The van der Waals surface area contributed by atoms with Gasteiger partial charge >= 0.3 is 6.03 Å². The second-order valence-corrected chi connectivity index (χ2v) is 6.97. The summed E-state index contributed by atoms with van der Waals surface area (Å²) in [6, 6.07) is 20.3. The van der Waals surface area contributed by atoms with E-state index in [1.807, 2.05) is 59.6 Å². The lowest BCUT2D eigenvalue weighted by atomic mass is 10.0. The molecule has 2 aromatic carbocycles. The van der Waals surface area contributed by atoms with Crippen LogP contribution in [0.5, 0.6) is 0 Å². The lowest BCUT2D eigenvalue weighted by molar-refractivity contribution is 0.183. The molecule has 4 rings (SSSR count). The van der Waals surface area contributed by atoms with Gasteiger partial charge in [-0.1, -0.05) is 48.5 Å². The van der Waals surface area contributed by atoms with Gasteiger partial charge in [-0.25, -0.2) is 9.78 Å². The van der Waals surface area contributed by atoms with Gasteiger partial charge in [0.2, 0.25) is 0 Å². The first-order valence-electron chi connectivity index (χ1n) is 9.42. The Morgan fingerprint density at radius 3 is 2.30 bits per heavy atom. The van der Waals surface area contributed by atoms with Gasteiger partial charge in [-0.2, -0.15) is 0 Å². The van der Waals surface area contributed by atoms with E-state index in [4.69, 9.17) is 0 Å². The van der Waals surface area contributed by atoms with Crippen molar-refractivity contribution in [3.05, 3.63) is 72.6 Å². The van der Waals surface area contributed by atoms with Crippen molar-refractivity contribution in [1.82, 2.24) is 14.5 Å². The maximum atomic E-state index is 12.5. The van der Waals surface area contributed by atoms with Gasteiger partial charge in [0, 0.05) is 42.3 Å². The highest BCUT2D eigenvalue weighted by atomic mass is 16.2. The van der Waals surface area contributed by atoms with Crippen LogP contribution >= 0.6 is 0 Å². The van der Waals surface area contributed by atoms with Crippen LogP contribution in [-0.2, 0) is 0 Å². The Labute approximate surface area is 159 Å². The Morgan fingerprint density at radius 2 is 1.63 bits per heavy atom. The molecule has 0 saturated carbocycles. The van der Waals surface area contributed by atoms with Crippen LogP contribution in [0.15, 0.2) is 66.9 Å². The number of likely N-dealkylation sites (tertiary alicyclic amines) is 1. The molecule has 1 saturated heterocycles. The van der Waals surface area contributed by atoms with Gasteiger partial charge in [-0.15, -0.1) is 0 Å². The molecule has 0 bridgehead atoms. The maximum Gasteiger partial charge on any atom is 0.321 e. The minimum absolute atomic E-state index is 0.0229. The van der Waals surface area contributed by atoms with Crippen molar-refractivity contribution in [1.29, 1.82) is 0 Å². The number of rotatable bonds is 3. The summed E-state index contributed by atoms with van der Waals surface area (Å²) in [4.78, 5) is 19.1. The van der Waals surface area contributed by atoms with Crippen molar-refractivity contribution in [3.8, 4) is 11.4 Å². The van der Waals surface area contributed by atoms with E-state index in [-0.39, 0.29) is 6.03 Å². The maximum absolute atomic E-state index is 12.5. The monoisotopic (exact) mass is 360 g/mol. The van der Waals surface area contributed by atoms with Crippen LogP contribution in [-0.4, -0.2) is 33.6 Å². The highest BCUT2D eigenvalue weighted by Gasteiger charge is 2.26. The zero-order valence-electron chi connectivity index (χ0n) is 15.5. The highest BCUT2D eigenvalue weighted by molar-refractivity contribution is 5.89. The molecule has 5 heteroatoms. The number of benzene rings is 2. The first-order valence-corrected chi connectivity index (χ1v) is 9.42. The van der Waals surface area contributed by atoms with Crippen LogP contribution in [0, 0.1) is 6.92 Å². The number of nitrogens with zero attached hydrogens (tertiary/aromatic N) is 3. The molecule has 0 radical (unpaired) electrons. The van der Waals surface area contributed by atoms with E-state index >= 15 is 0 Å². The number of carbonyl (C=O) groups is 1. The summed E-state index contributed by atoms with van der Waals surface area (Å²) in [7, 11) is 0. The summed E-state index contributed by atoms with van der Waals surface area (Å²) in [5.41, 5.74) is 3.14. The molecule has 2 amide bonds. The number of imidazole rings is 1. The van der Waals surface area contributed by atoms with E-state index in [2.05, 4.69) is 33.9 Å². The lowest BCUT2D eigenvalue weighted by Crippen LogP contribution is -2.41. The fraction of sp³-hybridized carbons (Fsp3) is 0.273. The molecule has 1 fully saturated rings. The minimum atomic E-state index is -0.0229. The van der Waals surface area contributed by atoms with E-state index in [0.717, 1.165) is 43.0 Å². The standard InChI is InChI=1S/C22H24N4O/c1-17-16-23-21(18-8-4-2-5-9-18)26(17)20-12-14-25(15-13-20)22(27)24-19-10-6-3-7-11-19/h2-11,16,20H,12-15H2,1H3,(H,24,27). The van der Waals surface area contributed by atoms with Crippen LogP contribution in [0.3, 0.4) is 0 Å². The average molecular weight is 360 g/mol. The van der Waals surface area contributed by atoms with Gasteiger partial charge in [-0.05, 0) is 31.9 Å². The summed E-state index contributed by atoms with van der Waals surface area (Å²) in [6.45, 7) is 3.60. The number of para-hydroxylation sites is 1. The summed E-state index contributed by atoms with van der Waals surface area (Å²) in [6.07, 6.45) is 3.80. The molecule has 1 aromatic heterocycles. The number of urea groups is 1. The number of nitrogens with one attached hydrogen (secondary N) is 1. The molecule has 0 aliphatic carbocycles. The molecule has 0 atom stereocenters. The number of anilines is 1. The number of aromatic nitrogens is 2. The van der Waals surface area contributed by atoms with Crippen molar-refractivity contribution in [2.75, 3.05) is 18.4 Å². The Kier molecular flexibility index (Phi) is 4.92. The molecule has 0 unspecified atom stereocenters. The zero-order valence-corrected chi connectivity index (χ0v) is 15.5. The van der Waals surface area contributed by atoms with Crippen molar-refractivity contribution >= 4 is 11.7 Å². The van der Waals surface area contributed by atoms with E-state index in [0.29, 0.717) is 6.04 Å². The number of hydrogen-bond acceptors (Lipinski definition) is 2. The summed E-state index contributed by atoms with van der Waals surface area (Å²) >= 11 is 0. The molecular formula is C22H24N4O. The predicted octanol–water partition coefficient (Wildman–Crippen LogP) is 4.73. The number of hydrogen-bond donors (Lipinski definition) is 1. The SMILES string of the molecule is Cc1cnc(-c2ccccc2)n1C1CCN(C(=O)Nc2ccccc2)CC1. The molecular weight excluding hydrogens is 336 g/mol. The number of amides is 2. The van der Waals surface area contributed by atoms with Crippen LogP contribution in [0.4, 0.5) is 10.5 Å². The van der Waals surface area contributed by atoms with Crippen molar-refractivity contribution in [3.63, 3.8) is 0 Å². The molecule has 27 heavy (non-hydrogen) atoms. The summed E-state index contributed by atoms with van der Waals surface area (Å²) in [5.74, 6) is 1.01. The Morgan fingerprint density at radius 1 is 1.00 bits per heavy atom. The Hall–Kier alpha value is -3.08. The quantitative estimate of drug-likeness (QED) is 0.734. The molecule has 2 heterocycles. The molecule has 1 aliphatic rings. The van der Waals surface area contributed by atoms with E-state index in [9.17, 15) is 4.79 Å². The van der Waals surface area contributed by atoms with Gasteiger partial charge in [0.15, 0.2) is 0 Å². The topological polar surface area (TPSA) is 50.2 Å². The zero-order chi connectivity index (χ0) is 18.6. The molecule has 0 spiro atoms. The Balaban J connectivity index is 1.44. The van der Waals surface area contributed by atoms with Crippen molar-refractivity contribution in [2.45, 2.75) is 25.8 Å². The first kappa shape index (κ1) is 17.3. The smallest absolute Gasteiger partial charge is 0.321 e. The second kappa shape index (κ2) is 7.66. The molecule has 5 nitrogen and oxygen atoms in total. The third-order valence-corrected chi connectivity index (χ3v) is 5.16. The second-order valence-electron chi connectivity index (χ2n) is 6.97. The molecule has 3 aromatic rings. The normalized spacial score (nSPS) is 14.9. The molecule has 1 aliphatic heterocycles. The largest absolute Gasteiger partial charge is 0.325 e. The fourth-order valence-corrected chi connectivity index (χ4v) is 3.76. The minimum Gasteiger partial charge on any atom is -0.325 e. The van der Waals surface area contributed by atoms with Gasteiger partial charge in [0.05, 0.1) is 0 Å². The highest BCUT2D eigenvalue weighted by Crippen LogP contribution is 2.30. The van der Waals surface area contributed by atoms with Crippen LogP contribution in [0.1, 0.15) is 24.6 Å². The average Bonchev–Trinajstić information content (AvgIpc) is 3.11. The predicted molar refractivity (Wildman–Crippen MR) is 108 cm³/mol. The van der Waals surface area contributed by atoms with Crippen LogP contribution in [0.25, 0.3) is 11.4 Å². The van der Waals surface area contributed by atoms with Crippen LogP contribution < -0.4 is 5.32 Å². The first-order chi connectivity index (χ1) is 13.2. The van der Waals surface area contributed by atoms with E-state index < -0.39 is 0 Å². The van der Waals surface area contributed by atoms with Crippen LogP contribution in [0.2, 0.25) is 0 Å². The molecule has 138 valence electrons. The summed E-state index contributed by atoms with van der Waals surface area (Å²) in [5, 5.41) is 2.98. The van der Waals surface area contributed by atoms with Crippen molar-refractivity contribution in [2.24, 2.45) is 0 Å².